The molecule has 3 heterocycles. The lowest BCUT2D eigenvalue weighted by molar-refractivity contribution is -0.120. The summed E-state index contributed by atoms with van der Waals surface area (Å²) in [7, 11) is -2.93. The molecule has 1 atom stereocenters. The van der Waals surface area contributed by atoms with Crippen LogP contribution in [0.15, 0.2) is 76.1 Å². The van der Waals surface area contributed by atoms with Crippen LogP contribution in [-0.4, -0.2) is 41.5 Å². The van der Waals surface area contributed by atoms with E-state index in [1.54, 1.807) is 30.3 Å². The van der Waals surface area contributed by atoms with Crippen molar-refractivity contribution in [1.29, 1.82) is 0 Å². The van der Waals surface area contributed by atoms with Crippen LogP contribution >= 0.6 is 18.7 Å². The van der Waals surface area contributed by atoms with Gasteiger partial charge in [-0.3, -0.25) is 4.79 Å². The number of halogens is 2. The van der Waals surface area contributed by atoms with Crippen molar-refractivity contribution in [3.05, 3.63) is 82.4 Å². The standard InChI is InChI=1S/C23H20ClFN5O2P/c24-21-7-8-22(28-27-21)30-9-11-33(32,12-10-30)20-14-15(5-6-18(20)25)13-19-16-3-1-2-4-17(16)23(31)29-26-19/h1-8,14,17H,9-13H2. The highest BCUT2D eigenvalue weighted by Crippen LogP contribution is 2.47. The number of allylic oxidation sites excluding steroid dienone is 4. The van der Waals surface area contributed by atoms with E-state index in [4.69, 9.17) is 11.6 Å². The average molecular weight is 484 g/mol. The predicted octanol–water partition coefficient (Wildman–Crippen LogP) is 4.31. The molecule has 1 aromatic carbocycles. The van der Waals surface area contributed by atoms with Gasteiger partial charge in [-0.25, -0.2) is 4.39 Å². The largest absolute Gasteiger partial charge is 0.354 e. The van der Waals surface area contributed by atoms with Gasteiger partial charge >= 0.3 is 0 Å². The summed E-state index contributed by atoms with van der Waals surface area (Å²) in [5.74, 6) is -0.523. The second kappa shape index (κ2) is 8.76. The van der Waals surface area contributed by atoms with Crippen LogP contribution < -0.4 is 10.2 Å². The first-order valence-corrected chi connectivity index (χ1v) is 13.0. The van der Waals surface area contributed by atoms with Gasteiger partial charge in [-0.05, 0) is 35.4 Å². The smallest absolute Gasteiger partial charge is 0.275 e. The topological polar surface area (TPSA) is 87.9 Å². The van der Waals surface area contributed by atoms with Crippen molar-refractivity contribution in [3.8, 4) is 0 Å². The Morgan fingerprint density at radius 1 is 1.09 bits per heavy atom. The van der Waals surface area contributed by atoms with E-state index in [9.17, 15) is 13.8 Å². The van der Waals surface area contributed by atoms with Gasteiger partial charge in [0.25, 0.3) is 5.91 Å². The molecule has 0 N–H and O–H groups in total. The first-order chi connectivity index (χ1) is 15.9. The number of nitrogens with zero attached hydrogens (tertiary/aromatic N) is 5. The van der Waals surface area contributed by atoms with Gasteiger partial charge in [-0.1, -0.05) is 42.0 Å². The summed E-state index contributed by atoms with van der Waals surface area (Å²) in [5.41, 5.74) is 2.24. The SMILES string of the molecule is O=C1N=NC(Cc2ccc(F)c(P3(=O)CCN(c4ccc(Cl)nn4)CC3)c2)=C2C=CC=CC12. The minimum Gasteiger partial charge on any atom is -0.354 e. The molecule has 33 heavy (non-hydrogen) atoms. The maximum Gasteiger partial charge on any atom is 0.275 e. The van der Waals surface area contributed by atoms with Gasteiger partial charge < -0.3 is 9.46 Å². The maximum absolute atomic E-state index is 14.8. The normalized spacial score (nSPS) is 21.5. The Labute approximate surface area is 195 Å². The Morgan fingerprint density at radius 3 is 2.67 bits per heavy atom. The number of hydrogen-bond donors (Lipinski definition) is 0. The van der Waals surface area contributed by atoms with Gasteiger partial charge in [-0.2, -0.15) is 5.11 Å². The summed E-state index contributed by atoms with van der Waals surface area (Å²) < 4.78 is 28.6. The van der Waals surface area contributed by atoms with E-state index < -0.39 is 18.9 Å². The van der Waals surface area contributed by atoms with Crippen molar-refractivity contribution in [1.82, 2.24) is 10.2 Å². The molecule has 0 saturated carbocycles. The van der Waals surface area contributed by atoms with Crippen LogP contribution in [0.4, 0.5) is 10.2 Å². The van der Waals surface area contributed by atoms with Crippen molar-refractivity contribution in [3.63, 3.8) is 0 Å². The molecule has 0 spiro atoms. The fourth-order valence-corrected chi connectivity index (χ4v) is 7.11. The average Bonchev–Trinajstić information content (AvgIpc) is 2.83. The zero-order chi connectivity index (χ0) is 23.0. The summed E-state index contributed by atoms with van der Waals surface area (Å²) in [5, 5.41) is 16.4. The molecular formula is C23H20ClFN5O2P. The van der Waals surface area contributed by atoms with Crippen LogP contribution in [0.5, 0.6) is 0 Å². The summed E-state index contributed by atoms with van der Waals surface area (Å²) in [6.07, 6.45) is 8.38. The Balaban J connectivity index is 1.37. The predicted molar refractivity (Wildman–Crippen MR) is 125 cm³/mol. The Kier molecular flexibility index (Phi) is 5.81. The molecule has 7 nitrogen and oxygen atoms in total. The van der Waals surface area contributed by atoms with E-state index >= 15 is 0 Å². The Morgan fingerprint density at radius 2 is 1.91 bits per heavy atom. The first-order valence-electron chi connectivity index (χ1n) is 10.6. The number of fused-ring (bicyclic) bond motifs is 1. The fourth-order valence-electron chi connectivity index (χ4n) is 4.31. The molecule has 10 heteroatoms. The fraction of sp³-hybridized carbons (Fsp3) is 0.261. The van der Waals surface area contributed by atoms with Crippen LogP contribution in [0.25, 0.3) is 0 Å². The number of rotatable bonds is 4. The van der Waals surface area contributed by atoms with Gasteiger partial charge in [-0.15, -0.1) is 15.3 Å². The summed E-state index contributed by atoms with van der Waals surface area (Å²) >= 11 is 5.81. The lowest BCUT2D eigenvalue weighted by atomic mass is 9.89. The van der Waals surface area contributed by atoms with E-state index in [2.05, 4.69) is 20.4 Å². The van der Waals surface area contributed by atoms with Crippen LogP contribution in [-0.2, 0) is 15.8 Å². The third-order valence-corrected chi connectivity index (χ3v) is 9.39. The number of benzene rings is 1. The van der Waals surface area contributed by atoms with E-state index in [1.165, 1.54) is 6.07 Å². The molecule has 1 unspecified atom stereocenters. The minimum absolute atomic E-state index is 0.270. The highest BCUT2D eigenvalue weighted by atomic mass is 35.5. The van der Waals surface area contributed by atoms with E-state index in [0.717, 1.165) is 11.1 Å². The van der Waals surface area contributed by atoms with Gasteiger partial charge in [0.1, 0.15) is 13.0 Å². The highest BCUT2D eigenvalue weighted by Gasteiger charge is 2.34. The number of carbonyl (C=O) groups excluding carboxylic acids is 1. The van der Waals surface area contributed by atoms with E-state index in [-0.39, 0.29) is 11.2 Å². The van der Waals surface area contributed by atoms with Gasteiger partial charge in [0.15, 0.2) is 11.0 Å². The minimum atomic E-state index is -2.93. The molecule has 2 aliphatic heterocycles. The number of azo groups is 1. The molecular weight excluding hydrogens is 464 g/mol. The van der Waals surface area contributed by atoms with E-state index in [1.807, 2.05) is 23.1 Å². The van der Waals surface area contributed by atoms with Crippen molar-refractivity contribution in [2.75, 3.05) is 30.3 Å². The molecule has 168 valence electrons. The molecule has 0 bridgehead atoms. The molecule has 1 aliphatic carbocycles. The third kappa shape index (κ3) is 4.33. The number of anilines is 1. The molecule has 5 rings (SSSR count). The quantitative estimate of drug-likeness (QED) is 0.605. The van der Waals surface area contributed by atoms with Crippen molar-refractivity contribution >= 4 is 35.8 Å². The lowest BCUT2D eigenvalue weighted by Crippen LogP contribution is -2.38. The van der Waals surface area contributed by atoms with Crippen LogP contribution in [0.2, 0.25) is 5.15 Å². The second-order valence-corrected chi connectivity index (χ2v) is 11.7. The van der Waals surface area contributed by atoms with Crippen LogP contribution in [0, 0.1) is 11.7 Å². The molecule has 0 radical (unpaired) electrons. The zero-order valence-corrected chi connectivity index (χ0v) is 19.2. The molecule has 1 saturated heterocycles. The molecule has 3 aliphatic rings. The Hall–Kier alpha value is -2.96. The summed E-state index contributed by atoms with van der Waals surface area (Å²) in [6.45, 7) is 0.976. The van der Waals surface area contributed by atoms with Crippen LogP contribution in [0.1, 0.15) is 5.56 Å². The molecule has 1 amide bonds. The number of amides is 1. The van der Waals surface area contributed by atoms with E-state index in [0.29, 0.717) is 48.5 Å². The van der Waals surface area contributed by atoms with Crippen molar-refractivity contribution in [2.24, 2.45) is 16.1 Å². The molecule has 1 aromatic heterocycles. The molecule has 1 fully saturated rings. The van der Waals surface area contributed by atoms with Crippen LogP contribution in [0.3, 0.4) is 0 Å². The second-order valence-electron chi connectivity index (χ2n) is 8.16. The summed E-state index contributed by atoms with van der Waals surface area (Å²) in [4.78, 5) is 14.0. The number of carbonyl (C=O) groups is 1. The van der Waals surface area contributed by atoms with Crippen molar-refractivity contribution < 1.29 is 13.8 Å². The maximum atomic E-state index is 14.8. The Bertz CT molecular complexity index is 1280. The lowest BCUT2D eigenvalue weighted by Gasteiger charge is -2.33. The van der Waals surface area contributed by atoms with Gasteiger partial charge in [0.2, 0.25) is 0 Å². The highest BCUT2D eigenvalue weighted by molar-refractivity contribution is 7.71. The zero-order valence-electron chi connectivity index (χ0n) is 17.6. The number of aromatic nitrogens is 2. The molecule has 2 aromatic rings. The number of hydrogen-bond acceptors (Lipinski definition) is 6. The van der Waals surface area contributed by atoms with Gasteiger partial charge in [0, 0.05) is 37.1 Å². The third-order valence-electron chi connectivity index (χ3n) is 6.12. The van der Waals surface area contributed by atoms with Crippen molar-refractivity contribution in [2.45, 2.75) is 6.42 Å². The first kappa shape index (κ1) is 21.9. The van der Waals surface area contributed by atoms with Gasteiger partial charge in [0.05, 0.1) is 11.6 Å². The monoisotopic (exact) mass is 483 g/mol. The summed E-state index contributed by atoms with van der Waals surface area (Å²) in [6, 6.07) is 8.15.